The summed E-state index contributed by atoms with van der Waals surface area (Å²) in [5, 5.41) is 61.1. The third-order valence-electron chi connectivity index (χ3n) is 8.05. The van der Waals surface area contributed by atoms with E-state index in [0.29, 0.717) is 12.8 Å². The fourth-order valence-corrected chi connectivity index (χ4v) is 5.79. The molecule has 0 aromatic heterocycles. The minimum Gasteiger partial charge on any atom is -0.394 e. The number of rotatable bonds is 4. The van der Waals surface area contributed by atoms with Gasteiger partial charge in [-0.25, -0.2) is 0 Å². The monoisotopic (exact) mass is 418 g/mol. The van der Waals surface area contributed by atoms with E-state index in [2.05, 4.69) is 6.92 Å². The van der Waals surface area contributed by atoms with Crippen molar-refractivity contribution in [2.75, 3.05) is 6.61 Å². The Labute approximate surface area is 172 Å². The van der Waals surface area contributed by atoms with Gasteiger partial charge in [-0.1, -0.05) is 6.92 Å². The minimum atomic E-state index is -1.48. The van der Waals surface area contributed by atoms with Gasteiger partial charge >= 0.3 is 0 Å². The highest BCUT2D eigenvalue weighted by Gasteiger charge is 2.57. The second kappa shape index (κ2) is 7.98. The van der Waals surface area contributed by atoms with E-state index in [9.17, 15) is 30.6 Å². The largest absolute Gasteiger partial charge is 0.394 e. The molecule has 2 aliphatic carbocycles. The molecule has 0 amide bonds. The summed E-state index contributed by atoms with van der Waals surface area (Å²) in [6.07, 6.45) is -3.43. The Morgan fingerprint density at radius 3 is 2.24 bits per heavy atom. The molecule has 0 spiro atoms. The molecule has 3 aliphatic rings. The first-order chi connectivity index (χ1) is 13.3. The van der Waals surface area contributed by atoms with E-state index in [1.807, 2.05) is 13.8 Å². The topological polar surface area (TPSA) is 140 Å². The van der Waals surface area contributed by atoms with Crippen LogP contribution in [-0.2, 0) is 9.47 Å². The summed E-state index contributed by atoms with van der Waals surface area (Å²) in [6.45, 7) is 7.16. The lowest BCUT2D eigenvalue weighted by Gasteiger charge is -2.57. The maximum atomic E-state index is 11.0. The van der Waals surface area contributed by atoms with Crippen LogP contribution in [0.2, 0.25) is 0 Å². The first-order valence-electron chi connectivity index (χ1n) is 10.7. The minimum absolute atomic E-state index is 0.0321. The van der Waals surface area contributed by atoms with Crippen LogP contribution in [0.15, 0.2) is 0 Å². The number of aliphatic hydroxyl groups excluding tert-OH is 5. The van der Waals surface area contributed by atoms with E-state index in [4.69, 9.17) is 9.47 Å². The molecule has 1 aliphatic heterocycles. The Morgan fingerprint density at radius 2 is 1.62 bits per heavy atom. The Bertz CT molecular complexity index is 574. The van der Waals surface area contributed by atoms with E-state index in [-0.39, 0.29) is 17.3 Å². The van der Waals surface area contributed by atoms with Crippen molar-refractivity contribution in [1.82, 2.24) is 0 Å². The van der Waals surface area contributed by atoms with Crippen LogP contribution in [0.4, 0.5) is 0 Å². The van der Waals surface area contributed by atoms with Crippen LogP contribution in [0.25, 0.3) is 0 Å². The van der Waals surface area contributed by atoms with Crippen LogP contribution >= 0.6 is 0 Å². The lowest BCUT2D eigenvalue weighted by Crippen LogP contribution is -2.62. The van der Waals surface area contributed by atoms with Gasteiger partial charge in [0.1, 0.15) is 24.4 Å². The van der Waals surface area contributed by atoms with Gasteiger partial charge in [0.15, 0.2) is 6.29 Å². The third kappa shape index (κ3) is 4.11. The summed E-state index contributed by atoms with van der Waals surface area (Å²) >= 11 is 0. The van der Waals surface area contributed by atoms with Crippen LogP contribution in [0, 0.1) is 17.3 Å². The number of aliphatic hydroxyl groups is 6. The highest BCUT2D eigenvalue weighted by molar-refractivity contribution is 5.06. The summed E-state index contributed by atoms with van der Waals surface area (Å²) in [6, 6.07) is 0. The number of hydrogen-bond acceptors (Lipinski definition) is 8. The lowest BCUT2D eigenvalue weighted by atomic mass is 9.51. The molecular formula is C21H38O8. The normalized spacial score (nSPS) is 51.5. The maximum Gasteiger partial charge on any atom is 0.187 e. The van der Waals surface area contributed by atoms with E-state index >= 15 is 0 Å². The van der Waals surface area contributed by atoms with Gasteiger partial charge in [0.05, 0.1) is 23.9 Å². The first-order valence-corrected chi connectivity index (χ1v) is 10.7. The molecule has 3 rings (SSSR count). The molecule has 3 fully saturated rings. The highest BCUT2D eigenvalue weighted by Crippen LogP contribution is 2.57. The molecule has 0 bridgehead atoms. The molecule has 6 N–H and O–H groups in total. The van der Waals surface area contributed by atoms with Crippen molar-refractivity contribution >= 4 is 0 Å². The van der Waals surface area contributed by atoms with Crippen LogP contribution in [0.3, 0.4) is 0 Å². The zero-order valence-electron chi connectivity index (χ0n) is 17.9. The Balaban J connectivity index is 1.74. The van der Waals surface area contributed by atoms with Gasteiger partial charge in [-0.05, 0) is 70.1 Å². The van der Waals surface area contributed by atoms with E-state index in [1.165, 1.54) is 0 Å². The van der Waals surface area contributed by atoms with Crippen LogP contribution in [0.5, 0.6) is 0 Å². The molecule has 0 aromatic rings. The maximum absolute atomic E-state index is 11.0. The summed E-state index contributed by atoms with van der Waals surface area (Å²) in [4.78, 5) is 0. The van der Waals surface area contributed by atoms with E-state index in [1.54, 1.807) is 6.92 Å². The summed E-state index contributed by atoms with van der Waals surface area (Å²) < 4.78 is 11.6. The number of fused-ring (bicyclic) bond motifs is 1. The van der Waals surface area contributed by atoms with E-state index in [0.717, 1.165) is 19.3 Å². The quantitative estimate of drug-likeness (QED) is 0.372. The molecule has 1 heterocycles. The molecule has 1 saturated heterocycles. The van der Waals surface area contributed by atoms with Crippen molar-refractivity contribution in [1.29, 1.82) is 0 Å². The Hall–Kier alpha value is -0.320. The fourth-order valence-electron chi connectivity index (χ4n) is 5.79. The van der Waals surface area contributed by atoms with Gasteiger partial charge in [-0.2, -0.15) is 0 Å². The molecule has 0 radical (unpaired) electrons. The van der Waals surface area contributed by atoms with Crippen molar-refractivity contribution in [3.05, 3.63) is 0 Å². The zero-order chi connectivity index (χ0) is 21.8. The van der Waals surface area contributed by atoms with Gasteiger partial charge in [0.25, 0.3) is 0 Å². The van der Waals surface area contributed by atoms with Crippen molar-refractivity contribution in [2.24, 2.45) is 17.3 Å². The smallest absolute Gasteiger partial charge is 0.187 e. The number of ether oxygens (including phenoxy) is 2. The second-order valence-electron chi connectivity index (χ2n) is 10.4. The average molecular weight is 419 g/mol. The van der Waals surface area contributed by atoms with Gasteiger partial charge in [0, 0.05) is 0 Å². The molecule has 10 atom stereocenters. The van der Waals surface area contributed by atoms with Gasteiger partial charge in [0.2, 0.25) is 0 Å². The SMILES string of the molecule is CC12CCC(C(C)(C)OC3OC(CO)C(O)C(O)C3O)CC1C(C)(O)C(O)CC2. The molecule has 8 nitrogen and oxygen atoms in total. The summed E-state index contributed by atoms with van der Waals surface area (Å²) in [5.74, 6) is -0.0557. The zero-order valence-corrected chi connectivity index (χ0v) is 17.9. The standard InChI is InChI=1S/C21H38O8/c1-19(2,29-18-17(26)16(25)15(24)12(10-22)28-18)11-5-7-20(3)8-6-14(23)21(4,27)13(20)9-11/h11-18,22-27H,5-10H2,1-4H3. The Kier molecular flexibility index (Phi) is 6.43. The van der Waals surface area contributed by atoms with Crippen LogP contribution in [0.1, 0.15) is 59.8 Å². The van der Waals surface area contributed by atoms with Crippen molar-refractivity contribution in [3.63, 3.8) is 0 Å². The fraction of sp³-hybridized carbons (Fsp3) is 1.00. The van der Waals surface area contributed by atoms with Gasteiger partial charge in [-0.3, -0.25) is 0 Å². The molecule has 0 aromatic carbocycles. The molecule has 10 unspecified atom stereocenters. The highest BCUT2D eigenvalue weighted by atomic mass is 16.7. The van der Waals surface area contributed by atoms with Crippen LogP contribution in [-0.4, -0.2) is 85.3 Å². The summed E-state index contributed by atoms with van der Waals surface area (Å²) in [7, 11) is 0. The van der Waals surface area contributed by atoms with Crippen LogP contribution < -0.4 is 0 Å². The van der Waals surface area contributed by atoms with Gasteiger partial charge < -0.3 is 40.1 Å². The summed E-state index contributed by atoms with van der Waals surface area (Å²) in [5.41, 5.74) is -1.98. The average Bonchev–Trinajstić information content (AvgIpc) is 2.65. The Morgan fingerprint density at radius 1 is 1.00 bits per heavy atom. The van der Waals surface area contributed by atoms with Crippen molar-refractivity contribution < 1.29 is 40.1 Å². The van der Waals surface area contributed by atoms with Crippen molar-refractivity contribution in [2.45, 2.75) is 108 Å². The van der Waals surface area contributed by atoms with E-state index < -0.39 is 54.6 Å². The number of hydrogen-bond donors (Lipinski definition) is 6. The van der Waals surface area contributed by atoms with Crippen molar-refractivity contribution in [3.8, 4) is 0 Å². The molecule has 2 saturated carbocycles. The molecular weight excluding hydrogens is 380 g/mol. The molecule has 170 valence electrons. The predicted octanol–water partition coefficient (Wildman–Crippen LogP) is -0.0902. The predicted molar refractivity (Wildman–Crippen MR) is 104 cm³/mol. The second-order valence-corrected chi connectivity index (χ2v) is 10.4. The lowest BCUT2D eigenvalue weighted by molar-refractivity contribution is -0.331. The third-order valence-corrected chi connectivity index (χ3v) is 8.05. The molecule has 8 heteroatoms. The molecule has 29 heavy (non-hydrogen) atoms. The van der Waals surface area contributed by atoms with Gasteiger partial charge in [-0.15, -0.1) is 0 Å². The first kappa shape index (κ1) is 23.3.